The molecule has 7 nitrogen and oxygen atoms in total. The van der Waals surface area contributed by atoms with Gasteiger partial charge in [-0.25, -0.2) is 9.79 Å². The van der Waals surface area contributed by atoms with Crippen molar-refractivity contribution in [3.8, 4) is 0 Å². The SMILES string of the molecule is CCNC(=NCc1ccn(C)c1)N1CCC(N(CC2CC2)C(=O)OC(C)(C)C)CC1.I. The van der Waals surface area contributed by atoms with Crippen LogP contribution in [0.4, 0.5) is 4.79 Å². The third-order valence-corrected chi connectivity index (χ3v) is 5.62. The van der Waals surface area contributed by atoms with Crippen LogP contribution in [-0.4, -0.2) is 64.2 Å². The van der Waals surface area contributed by atoms with Gasteiger partial charge >= 0.3 is 6.09 Å². The van der Waals surface area contributed by atoms with Crippen molar-refractivity contribution in [1.82, 2.24) is 19.7 Å². The van der Waals surface area contributed by atoms with Crippen LogP contribution in [0.1, 0.15) is 58.9 Å². The number of aromatic nitrogens is 1. The van der Waals surface area contributed by atoms with Gasteiger partial charge in [0.15, 0.2) is 5.96 Å². The summed E-state index contributed by atoms with van der Waals surface area (Å²) in [6.07, 6.45) is 8.36. The second-order valence-corrected chi connectivity index (χ2v) is 9.65. The van der Waals surface area contributed by atoms with Crippen LogP contribution >= 0.6 is 24.0 Å². The van der Waals surface area contributed by atoms with E-state index in [0.717, 1.165) is 45.0 Å². The standard InChI is InChI=1S/C23H39N5O2.HI/c1-6-24-21(25-15-19-9-12-26(5)16-19)27-13-10-20(11-14-27)28(17-18-7-8-18)22(29)30-23(2,3)4;/h9,12,16,18,20H,6-8,10-11,13-15,17H2,1-5H3,(H,24,25);1H. The van der Waals surface area contributed by atoms with Crippen molar-refractivity contribution >= 4 is 36.0 Å². The number of nitrogens with one attached hydrogen (secondary N) is 1. The quantitative estimate of drug-likeness (QED) is 0.331. The molecule has 0 bridgehead atoms. The third-order valence-electron chi connectivity index (χ3n) is 5.62. The highest BCUT2D eigenvalue weighted by Crippen LogP contribution is 2.32. The zero-order chi connectivity index (χ0) is 21.7. The van der Waals surface area contributed by atoms with Gasteiger partial charge in [0, 0.05) is 51.7 Å². The molecule has 1 aromatic rings. The molecule has 1 saturated heterocycles. The number of hydrogen-bond donors (Lipinski definition) is 1. The lowest BCUT2D eigenvalue weighted by Gasteiger charge is -2.40. The Balaban J connectivity index is 0.00000341. The molecule has 1 aromatic heterocycles. The molecule has 0 radical (unpaired) electrons. The molecule has 176 valence electrons. The molecule has 1 N–H and O–H groups in total. The first kappa shape index (κ1) is 25.8. The molecule has 31 heavy (non-hydrogen) atoms. The van der Waals surface area contributed by atoms with E-state index in [0.29, 0.717) is 12.5 Å². The van der Waals surface area contributed by atoms with Crippen LogP contribution in [0.15, 0.2) is 23.5 Å². The fourth-order valence-corrected chi connectivity index (χ4v) is 3.91. The van der Waals surface area contributed by atoms with E-state index in [1.54, 1.807) is 0 Å². The number of amides is 1. The first-order chi connectivity index (χ1) is 14.2. The minimum Gasteiger partial charge on any atom is -0.444 e. The maximum atomic E-state index is 12.9. The Labute approximate surface area is 204 Å². The van der Waals surface area contributed by atoms with Crippen LogP contribution in [-0.2, 0) is 18.3 Å². The molecule has 0 spiro atoms. The van der Waals surface area contributed by atoms with E-state index in [-0.39, 0.29) is 36.1 Å². The molecule has 8 heteroatoms. The number of nitrogens with zero attached hydrogens (tertiary/aromatic N) is 4. The largest absolute Gasteiger partial charge is 0.444 e. The van der Waals surface area contributed by atoms with E-state index < -0.39 is 5.60 Å². The highest BCUT2D eigenvalue weighted by Gasteiger charge is 2.35. The molecule has 0 atom stereocenters. The molecule has 1 amide bonds. The number of carbonyl (C=O) groups excluding carboxylic acids is 1. The van der Waals surface area contributed by atoms with Crippen LogP contribution in [0.5, 0.6) is 0 Å². The van der Waals surface area contributed by atoms with Gasteiger partial charge in [-0.05, 0) is 70.9 Å². The van der Waals surface area contributed by atoms with Gasteiger partial charge in [-0.1, -0.05) is 0 Å². The summed E-state index contributed by atoms with van der Waals surface area (Å²) in [5.41, 5.74) is 0.755. The summed E-state index contributed by atoms with van der Waals surface area (Å²) in [7, 11) is 2.03. The summed E-state index contributed by atoms with van der Waals surface area (Å²) in [6.45, 7) is 12.1. The molecule has 1 aliphatic heterocycles. The summed E-state index contributed by atoms with van der Waals surface area (Å²) in [5, 5.41) is 3.43. The Kier molecular flexibility index (Phi) is 9.51. The maximum absolute atomic E-state index is 12.9. The molecule has 2 heterocycles. The summed E-state index contributed by atoms with van der Waals surface area (Å²) < 4.78 is 7.77. The number of likely N-dealkylation sites (tertiary alicyclic amines) is 1. The minimum absolute atomic E-state index is 0. The normalized spacial score (nSPS) is 17.8. The number of piperidine rings is 1. The van der Waals surface area contributed by atoms with Gasteiger partial charge in [-0.3, -0.25) is 0 Å². The van der Waals surface area contributed by atoms with Gasteiger partial charge in [-0.2, -0.15) is 0 Å². The fraction of sp³-hybridized carbons (Fsp3) is 0.739. The number of hydrogen-bond acceptors (Lipinski definition) is 3. The number of halogens is 1. The minimum atomic E-state index is -0.456. The smallest absolute Gasteiger partial charge is 0.410 e. The predicted molar refractivity (Wildman–Crippen MR) is 136 cm³/mol. The van der Waals surface area contributed by atoms with Gasteiger partial charge in [0.1, 0.15) is 5.60 Å². The Morgan fingerprint density at radius 2 is 1.94 bits per heavy atom. The van der Waals surface area contributed by atoms with Gasteiger partial charge in [-0.15, -0.1) is 24.0 Å². The number of aliphatic imine (C=N–C) groups is 1. The van der Waals surface area contributed by atoms with Gasteiger partial charge in [0.05, 0.1) is 6.54 Å². The Morgan fingerprint density at radius 3 is 2.45 bits per heavy atom. The van der Waals surface area contributed by atoms with Gasteiger partial charge < -0.3 is 24.4 Å². The highest BCUT2D eigenvalue weighted by molar-refractivity contribution is 14.0. The van der Waals surface area contributed by atoms with Crippen molar-refractivity contribution in [2.75, 3.05) is 26.2 Å². The van der Waals surface area contributed by atoms with Crippen molar-refractivity contribution in [3.63, 3.8) is 0 Å². The molecular weight excluding hydrogens is 505 g/mol. The molecule has 2 aliphatic rings. The van der Waals surface area contributed by atoms with Crippen molar-refractivity contribution in [2.45, 2.75) is 71.6 Å². The zero-order valence-corrected chi connectivity index (χ0v) is 22.1. The monoisotopic (exact) mass is 545 g/mol. The van der Waals surface area contributed by atoms with Crippen LogP contribution in [0.2, 0.25) is 0 Å². The van der Waals surface area contributed by atoms with Crippen molar-refractivity contribution in [3.05, 3.63) is 24.0 Å². The Hall–Kier alpha value is -1.45. The molecule has 3 rings (SSSR count). The van der Waals surface area contributed by atoms with Crippen molar-refractivity contribution < 1.29 is 9.53 Å². The molecule has 2 fully saturated rings. The second-order valence-electron chi connectivity index (χ2n) is 9.65. The molecular formula is C23H40IN5O2. The van der Waals surface area contributed by atoms with Crippen molar-refractivity contribution in [2.24, 2.45) is 18.0 Å². The van der Waals surface area contributed by atoms with Crippen LogP contribution in [0.25, 0.3) is 0 Å². The highest BCUT2D eigenvalue weighted by atomic mass is 127. The lowest BCUT2D eigenvalue weighted by Crippen LogP contribution is -2.52. The molecule has 0 aromatic carbocycles. The average molecular weight is 546 g/mol. The lowest BCUT2D eigenvalue weighted by molar-refractivity contribution is 0.00928. The molecule has 1 aliphatic carbocycles. The van der Waals surface area contributed by atoms with Gasteiger partial charge in [0.2, 0.25) is 0 Å². The third kappa shape index (κ3) is 8.20. The van der Waals surface area contributed by atoms with E-state index in [9.17, 15) is 4.79 Å². The molecule has 0 unspecified atom stereocenters. The average Bonchev–Trinajstić information content (AvgIpc) is 3.41. The maximum Gasteiger partial charge on any atom is 0.410 e. The topological polar surface area (TPSA) is 62.1 Å². The first-order valence-electron chi connectivity index (χ1n) is 11.4. The summed E-state index contributed by atoms with van der Waals surface area (Å²) >= 11 is 0. The Bertz CT molecular complexity index is 731. The number of ether oxygens (including phenoxy) is 1. The number of guanidine groups is 1. The van der Waals surface area contributed by atoms with Crippen molar-refractivity contribution in [1.29, 1.82) is 0 Å². The first-order valence-corrected chi connectivity index (χ1v) is 11.4. The number of rotatable bonds is 6. The molecule has 1 saturated carbocycles. The van der Waals surface area contributed by atoms with Crippen LogP contribution < -0.4 is 5.32 Å². The van der Waals surface area contributed by atoms with E-state index >= 15 is 0 Å². The van der Waals surface area contributed by atoms with E-state index in [1.165, 1.54) is 18.4 Å². The lowest BCUT2D eigenvalue weighted by atomic mass is 10.0. The number of carbonyl (C=O) groups is 1. The zero-order valence-electron chi connectivity index (χ0n) is 19.8. The summed E-state index contributed by atoms with van der Waals surface area (Å²) in [4.78, 5) is 22.0. The second kappa shape index (κ2) is 11.4. The van der Waals surface area contributed by atoms with E-state index in [4.69, 9.17) is 9.73 Å². The Morgan fingerprint density at radius 1 is 1.26 bits per heavy atom. The van der Waals surface area contributed by atoms with E-state index in [1.807, 2.05) is 43.5 Å². The summed E-state index contributed by atoms with van der Waals surface area (Å²) in [6, 6.07) is 2.35. The summed E-state index contributed by atoms with van der Waals surface area (Å²) in [5.74, 6) is 1.62. The predicted octanol–water partition coefficient (Wildman–Crippen LogP) is 4.22. The van der Waals surface area contributed by atoms with Gasteiger partial charge in [0.25, 0.3) is 0 Å². The van der Waals surface area contributed by atoms with E-state index in [2.05, 4.69) is 29.4 Å². The van der Waals surface area contributed by atoms with Crippen LogP contribution in [0.3, 0.4) is 0 Å². The number of aryl methyl sites for hydroxylation is 1. The van der Waals surface area contributed by atoms with Crippen LogP contribution in [0, 0.1) is 5.92 Å². The fourth-order valence-electron chi connectivity index (χ4n) is 3.91.